The molecule has 3 rings (SSSR count). The zero-order valence-corrected chi connectivity index (χ0v) is 15.5. The van der Waals surface area contributed by atoms with Crippen molar-refractivity contribution >= 4 is 34.8 Å². The Morgan fingerprint density at radius 3 is 2.46 bits per heavy atom. The number of hydrogen-bond donors (Lipinski definition) is 0. The summed E-state index contributed by atoms with van der Waals surface area (Å²) in [5, 5.41) is 11.6. The van der Waals surface area contributed by atoms with Gasteiger partial charge in [0.15, 0.2) is 11.0 Å². The average Bonchev–Trinajstić information content (AvgIpc) is 2.72. The number of nitro benzene ring substituents is 1. The lowest BCUT2D eigenvalue weighted by atomic mass is 10.1. The molecule has 0 saturated carbocycles. The number of carbonyl (C=O) groups excluding carboxylic acids is 1. The maximum atomic E-state index is 11.6. The molecule has 9 heteroatoms. The van der Waals surface area contributed by atoms with Gasteiger partial charge in [-0.15, -0.1) is 0 Å². The van der Waals surface area contributed by atoms with Gasteiger partial charge in [-0.1, -0.05) is 35.9 Å². The summed E-state index contributed by atoms with van der Waals surface area (Å²) in [5.41, 5.74) is 1.43. The number of carbonyl (C=O) groups is 1. The summed E-state index contributed by atoms with van der Waals surface area (Å²) < 4.78 is 4.69. The third-order valence-corrected chi connectivity index (χ3v) is 4.24. The number of ether oxygens (including phenoxy) is 1. The van der Waals surface area contributed by atoms with Crippen molar-refractivity contribution in [3.63, 3.8) is 0 Å². The molecule has 3 aromatic rings. The van der Waals surface area contributed by atoms with Crippen molar-refractivity contribution in [3.8, 4) is 0 Å². The predicted molar refractivity (Wildman–Crippen MR) is 104 cm³/mol. The summed E-state index contributed by atoms with van der Waals surface area (Å²) in [5.74, 6) is -0.158. The number of esters is 1. The molecule has 0 aliphatic carbocycles. The molecule has 0 spiro atoms. The molecule has 0 aliphatic heterocycles. The van der Waals surface area contributed by atoms with Crippen molar-refractivity contribution in [1.82, 2.24) is 9.97 Å². The average molecular weight is 399 g/mol. The van der Waals surface area contributed by atoms with Crippen molar-refractivity contribution in [2.24, 2.45) is 0 Å². The van der Waals surface area contributed by atoms with Crippen LogP contribution in [0.4, 0.5) is 17.2 Å². The molecular weight excluding hydrogens is 384 g/mol. The Morgan fingerprint density at radius 2 is 1.82 bits per heavy atom. The second kappa shape index (κ2) is 8.45. The van der Waals surface area contributed by atoms with E-state index in [0.717, 1.165) is 5.56 Å². The summed E-state index contributed by atoms with van der Waals surface area (Å²) >= 11 is 6.21. The van der Waals surface area contributed by atoms with E-state index in [4.69, 9.17) is 16.3 Å². The normalized spacial score (nSPS) is 10.4. The third-order valence-electron chi connectivity index (χ3n) is 3.98. The molecule has 0 N–H and O–H groups in total. The van der Waals surface area contributed by atoms with Gasteiger partial charge in [0.1, 0.15) is 5.69 Å². The highest BCUT2D eigenvalue weighted by Gasteiger charge is 2.23. The number of nitrogens with zero attached hydrogens (tertiary/aromatic N) is 4. The van der Waals surface area contributed by atoms with Crippen LogP contribution in [-0.4, -0.2) is 28.0 Å². The largest absolute Gasteiger partial charge is 0.465 e. The molecule has 1 aromatic heterocycles. The second-order valence-electron chi connectivity index (χ2n) is 5.69. The first-order chi connectivity index (χ1) is 13.5. The third kappa shape index (κ3) is 4.07. The number of hydrogen-bond acceptors (Lipinski definition) is 7. The fourth-order valence-electron chi connectivity index (χ4n) is 2.66. The Balaban J connectivity index is 2.04. The Hall–Kier alpha value is -3.52. The van der Waals surface area contributed by atoms with Crippen LogP contribution in [0.3, 0.4) is 0 Å². The first kappa shape index (κ1) is 19.2. The Labute approximate surface area is 165 Å². The molecule has 28 heavy (non-hydrogen) atoms. The lowest BCUT2D eigenvalue weighted by molar-refractivity contribution is -0.384. The number of benzene rings is 2. The van der Waals surface area contributed by atoms with E-state index in [1.807, 2.05) is 0 Å². The van der Waals surface area contributed by atoms with Crippen LogP contribution in [0.1, 0.15) is 15.9 Å². The number of rotatable bonds is 6. The van der Waals surface area contributed by atoms with Crippen LogP contribution in [0, 0.1) is 10.1 Å². The van der Waals surface area contributed by atoms with E-state index < -0.39 is 10.9 Å². The quantitative estimate of drug-likeness (QED) is 0.349. The van der Waals surface area contributed by atoms with Gasteiger partial charge in [-0.3, -0.25) is 10.1 Å². The van der Waals surface area contributed by atoms with Crippen molar-refractivity contribution < 1.29 is 14.5 Å². The molecule has 0 unspecified atom stereocenters. The molecule has 142 valence electrons. The molecule has 0 saturated heterocycles. The summed E-state index contributed by atoms with van der Waals surface area (Å²) in [6.45, 7) is 0.227. The van der Waals surface area contributed by atoms with Crippen molar-refractivity contribution in [3.05, 3.63) is 87.3 Å². The summed E-state index contributed by atoms with van der Waals surface area (Å²) in [6, 6.07) is 13.0. The van der Waals surface area contributed by atoms with Crippen molar-refractivity contribution in [1.29, 1.82) is 0 Å². The summed E-state index contributed by atoms with van der Waals surface area (Å²) in [6.07, 6.45) is 2.90. The van der Waals surface area contributed by atoms with Crippen LogP contribution in [0.2, 0.25) is 5.15 Å². The zero-order chi connectivity index (χ0) is 20.1. The maximum Gasteiger partial charge on any atom is 0.337 e. The van der Waals surface area contributed by atoms with Crippen LogP contribution in [0.5, 0.6) is 0 Å². The highest BCUT2D eigenvalue weighted by Crippen LogP contribution is 2.36. The highest BCUT2D eigenvalue weighted by atomic mass is 35.5. The molecular formula is C19H15ClN4O4. The first-order valence-corrected chi connectivity index (χ1v) is 8.53. The number of para-hydroxylation sites is 2. The van der Waals surface area contributed by atoms with Crippen molar-refractivity contribution in [2.45, 2.75) is 6.54 Å². The van der Waals surface area contributed by atoms with Gasteiger partial charge in [-0.05, 0) is 23.8 Å². The molecule has 0 radical (unpaired) electrons. The van der Waals surface area contributed by atoms with Gasteiger partial charge < -0.3 is 9.64 Å². The van der Waals surface area contributed by atoms with Gasteiger partial charge in [0.25, 0.3) is 5.69 Å². The molecule has 0 atom stereocenters. The molecule has 0 fully saturated rings. The topological polar surface area (TPSA) is 98.5 Å². The lowest BCUT2D eigenvalue weighted by Gasteiger charge is -2.24. The van der Waals surface area contributed by atoms with Crippen molar-refractivity contribution in [2.75, 3.05) is 12.0 Å². The Kier molecular flexibility index (Phi) is 5.81. The monoisotopic (exact) mass is 398 g/mol. The molecule has 8 nitrogen and oxygen atoms in total. The zero-order valence-electron chi connectivity index (χ0n) is 14.8. The molecule has 0 bridgehead atoms. The summed E-state index contributed by atoms with van der Waals surface area (Å²) in [4.78, 5) is 32.5. The Bertz CT molecular complexity index is 1010. The number of methoxy groups -OCH3 is 1. The first-order valence-electron chi connectivity index (χ1n) is 8.16. The highest BCUT2D eigenvalue weighted by molar-refractivity contribution is 6.31. The van der Waals surface area contributed by atoms with Gasteiger partial charge in [-0.2, -0.15) is 0 Å². The fourth-order valence-corrected chi connectivity index (χ4v) is 2.87. The smallest absolute Gasteiger partial charge is 0.337 e. The minimum absolute atomic E-state index is 0.0876. The number of nitro groups is 1. The van der Waals surface area contributed by atoms with E-state index in [1.165, 1.54) is 25.6 Å². The van der Waals surface area contributed by atoms with Gasteiger partial charge in [0, 0.05) is 25.0 Å². The predicted octanol–water partition coefficient (Wildman–Crippen LogP) is 4.16. The number of aromatic nitrogens is 2. The minimum atomic E-state index is -0.465. The van der Waals surface area contributed by atoms with E-state index >= 15 is 0 Å². The van der Waals surface area contributed by atoms with Crippen LogP contribution >= 0.6 is 11.6 Å². The summed E-state index contributed by atoms with van der Waals surface area (Å²) in [7, 11) is 1.31. The van der Waals surface area contributed by atoms with Crippen LogP contribution in [0.15, 0.2) is 60.9 Å². The van der Waals surface area contributed by atoms with Gasteiger partial charge in [0.2, 0.25) is 0 Å². The van der Waals surface area contributed by atoms with Gasteiger partial charge >= 0.3 is 5.97 Å². The van der Waals surface area contributed by atoms with Crippen LogP contribution in [0.25, 0.3) is 0 Å². The lowest BCUT2D eigenvalue weighted by Crippen LogP contribution is -2.19. The SMILES string of the molecule is COC(=O)c1ccc(CN(c2ccccc2[N+](=O)[O-])c2nccnc2Cl)cc1. The fraction of sp³-hybridized carbons (Fsp3) is 0.105. The van der Waals surface area contributed by atoms with E-state index in [0.29, 0.717) is 11.3 Å². The van der Waals surface area contributed by atoms with Crippen LogP contribution in [-0.2, 0) is 11.3 Å². The molecule has 2 aromatic carbocycles. The van der Waals surface area contributed by atoms with Gasteiger partial charge in [0.05, 0.1) is 17.6 Å². The van der Waals surface area contributed by atoms with Crippen LogP contribution < -0.4 is 4.90 Å². The number of anilines is 2. The molecule has 1 heterocycles. The molecule has 0 aliphatic rings. The molecule has 0 amide bonds. The maximum absolute atomic E-state index is 11.6. The van der Waals surface area contributed by atoms with Gasteiger partial charge in [-0.25, -0.2) is 14.8 Å². The second-order valence-corrected chi connectivity index (χ2v) is 6.05. The number of halogens is 1. The Morgan fingerprint density at radius 1 is 1.14 bits per heavy atom. The van der Waals surface area contributed by atoms with E-state index in [-0.39, 0.29) is 23.2 Å². The van der Waals surface area contributed by atoms with E-state index in [9.17, 15) is 14.9 Å². The standard InChI is InChI=1S/C19H15ClN4O4/c1-28-19(25)14-8-6-13(7-9-14)12-23(18-17(20)21-10-11-22-18)15-4-2-3-5-16(15)24(26)27/h2-11H,12H2,1H3. The van der Waals surface area contributed by atoms with E-state index in [2.05, 4.69) is 9.97 Å². The van der Waals surface area contributed by atoms with E-state index in [1.54, 1.807) is 47.4 Å². The minimum Gasteiger partial charge on any atom is -0.465 e.